The van der Waals surface area contributed by atoms with Crippen LogP contribution in [0.25, 0.3) is 0 Å². The number of fused-ring (bicyclic) bond motifs is 1. The van der Waals surface area contributed by atoms with Crippen LogP contribution in [0.2, 0.25) is 0 Å². The predicted molar refractivity (Wildman–Crippen MR) is 80.7 cm³/mol. The lowest BCUT2D eigenvalue weighted by Gasteiger charge is -2.19. The third kappa shape index (κ3) is 3.00. The zero-order valence-corrected chi connectivity index (χ0v) is 13.0. The van der Waals surface area contributed by atoms with Gasteiger partial charge in [-0.2, -0.15) is 5.21 Å². The van der Waals surface area contributed by atoms with Crippen molar-refractivity contribution in [1.82, 2.24) is 30.8 Å². The van der Waals surface area contributed by atoms with Crippen molar-refractivity contribution in [2.45, 2.75) is 25.8 Å². The lowest BCUT2D eigenvalue weighted by molar-refractivity contribution is -0.119. The van der Waals surface area contributed by atoms with Gasteiger partial charge >= 0.3 is 0 Å². The van der Waals surface area contributed by atoms with E-state index in [2.05, 4.69) is 25.9 Å². The number of aromatic nitrogens is 4. The van der Waals surface area contributed by atoms with Gasteiger partial charge in [-0.1, -0.05) is 12.1 Å². The van der Waals surface area contributed by atoms with Gasteiger partial charge in [0.25, 0.3) is 11.8 Å². The molecule has 1 aromatic carbocycles. The van der Waals surface area contributed by atoms with E-state index in [1.165, 1.54) is 11.8 Å². The van der Waals surface area contributed by atoms with Crippen molar-refractivity contribution < 1.29 is 14.4 Å². The van der Waals surface area contributed by atoms with Crippen LogP contribution in [0.3, 0.4) is 0 Å². The minimum Gasteiger partial charge on any atom is -0.349 e. The second-order valence-corrected chi connectivity index (χ2v) is 5.44. The molecule has 1 N–H and O–H groups in total. The van der Waals surface area contributed by atoms with Crippen LogP contribution in [0.1, 0.15) is 52.3 Å². The third-order valence-electron chi connectivity index (χ3n) is 3.78. The van der Waals surface area contributed by atoms with Crippen LogP contribution in [0.5, 0.6) is 0 Å². The summed E-state index contributed by atoms with van der Waals surface area (Å²) >= 11 is 0. The lowest BCUT2D eigenvalue weighted by Crippen LogP contribution is -2.32. The van der Waals surface area contributed by atoms with E-state index in [9.17, 15) is 14.4 Å². The molecule has 1 aliphatic rings. The molecule has 0 saturated heterocycles. The van der Waals surface area contributed by atoms with Crippen molar-refractivity contribution >= 4 is 17.7 Å². The molecule has 2 heterocycles. The molecule has 0 bridgehead atoms. The minimum absolute atomic E-state index is 0.231. The molecule has 0 radical (unpaired) electrons. The Hall–Kier alpha value is -3.10. The summed E-state index contributed by atoms with van der Waals surface area (Å²) in [5.41, 5.74) is 0.849. The second-order valence-electron chi connectivity index (χ2n) is 5.44. The number of carbonyl (C=O) groups is 3. The van der Waals surface area contributed by atoms with Gasteiger partial charge < -0.3 is 10.4 Å². The van der Waals surface area contributed by atoms with Gasteiger partial charge in [0, 0.05) is 19.3 Å². The van der Waals surface area contributed by atoms with Crippen molar-refractivity contribution in [2.75, 3.05) is 6.54 Å². The first-order chi connectivity index (χ1) is 11.6. The molecule has 9 nitrogen and oxygen atoms in total. The molecule has 0 unspecified atom stereocenters. The van der Waals surface area contributed by atoms with Crippen LogP contribution in [0.15, 0.2) is 24.3 Å². The standard InChI is InChI=1S/C15H16N6O3/c1-9(22)16-12(13-17-19-20-18-13)7-4-8-21-14(23)10-5-2-3-6-11(10)15(21)24/h2-3,5-6,12H,4,7-8H2,1H3,(H2,16,17,18,19,20,22)/p-1/t12-/m1/s1. The van der Waals surface area contributed by atoms with Gasteiger partial charge in [-0.05, 0) is 25.0 Å². The average molecular weight is 327 g/mol. The van der Waals surface area contributed by atoms with Crippen molar-refractivity contribution in [3.63, 3.8) is 0 Å². The van der Waals surface area contributed by atoms with E-state index in [4.69, 9.17) is 0 Å². The fourth-order valence-electron chi connectivity index (χ4n) is 2.70. The number of hydrogen-bond acceptors (Lipinski definition) is 6. The largest absolute Gasteiger partial charge is 0.349 e. The van der Waals surface area contributed by atoms with Crippen molar-refractivity contribution in [2.24, 2.45) is 0 Å². The number of rotatable bonds is 6. The highest BCUT2D eigenvalue weighted by atomic mass is 16.2. The molecule has 9 heteroatoms. The van der Waals surface area contributed by atoms with E-state index in [0.717, 1.165) is 0 Å². The van der Waals surface area contributed by atoms with E-state index in [-0.39, 0.29) is 24.3 Å². The molecule has 124 valence electrons. The van der Waals surface area contributed by atoms with Gasteiger partial charge in [-0.15, -0.1) is 0 Å². The van der Waals surface area contributed by atoms with E-state index in [0.29, 0.717) is 29.8 Å². The lowest BCUT2D eigenvalue weighted by atomic mass is 10.1. The summed E-state index contributed by atoms with van der Waals surface area (Å²) < 4.78 is 0. The molecule has 0 aliphatic carbocycles. The quantitative estimate of drug-likeness (QED) is 0.746. The molecule has 24 heavy (non-hydrogen) atoms. The van der Waals surface area contributed by atoms with Gasteiger partial charge in [-0.3, -0.25) is 29.6 Å². The molecule has 0 spiro atoms. The number of benzene rings is 1. The molecule has 1 aliphatic heterocycles. The maximum Gasteiger partial charge on any atom is 0.261 e. The Morgan fingerprint density at radius 1 is 1.25 bits per heavy atom. The van der Waals surface area contributed by atoms with Crippen LogP contribution in [-0.2, 0) is 4.79 Å². The van der Waals surface area contributed by atoms with Gasteiger partial charge in [0.15, 0.2) is 0 Å². The number of tetrazole rings is 1. The van der Waals surface area contributed by atoms with Crippen LogP contribution in [0, 0.1) is 0 Å². The minimum atomic E-state index is -0.451. The molecule has 3 rings (SSSR count). The normalized spacial score (nSPS) is 14.6. The number of nitrogens with one attached hydrogen (secondary N) is 1. The molecular weight excluding hydrogens is 312 g/mol. The summed E-state index contributed by atoms with van der Waals surface area (Å²) in [6.45, 7) is 1.64. The Balaban J connectivity index is 1.63. The summed E-state index contributed by atoms with van der Waals surface area (Å²) in [6, 6.07) is 6.29. The summed E-state index contributed by atoms with van der Waals surface area (Å²) in [5.74, 6) is -0.503. The molecule has 1 aromatic heterocycles. The fraction of sp³-hybridized carbons (Fsp3) is 0.333. The zero-order chi connectivity index (χ0) is 17.1. The van der Waals surface area contributed by atoms with E-state index < -0.39 is 6.04 Å². The van der Waals surface area contributed by atoms with Gasteiger partial charge in [0.2, 0.25) is 5.91 Å². The zero-order valence-electron chi connectivity index (χ0n) is 13.0. The first kappa shape index (κ1) is 15.8. The summed E-state index contributed by atoms with van der Waals surface area (Å²) in [6.07, 6.45) is 0.950. The van der Waals surface area contributed by atoms with Crippen molar-refractivity contribution in [1.29, 1.82) is 0 Å². The van der Waals surface area contributed by atoms with Gasteiger partial charge in [0.05, 0.1) is 17.2 Å². The smallest absolute Gasteiger partial charge is 0.261 e. The topological polar surface area (TPSA) is 119 Å². The predicted octanol–water partition coefficient (Wildman–Crippen LogP) is 0.0824. The number of imide groups is 1. The van der Waals surface area contributed by atoms with Crippen LogP contribution in [0.4, 0.5) is 0 Å². The molecule has 0 fully saturated rings. The number of carbonyl (C=O) groups excluding carboxylic acids is 3. The fourth-order valence-corrected chi connectivity index (χ4v) is 2.70. The highest BCUT2D eigenvalue weighted by molar-refractivity contribution is 6.21. The van der Waals surface area contributed by atoms with Crippen molar-refractivity contribution in [3.8, 4) is 0 Å². The molecular formula is C15H15N6O3-. The van der Waals surface area contributed by atoms with Crippen molar-refractivity contribution in [3.05, 3.63) is 41.2 Å². The molecule has 3 amide bonds. The maximum atomic E-state index is 12.3. The van der Waals surface area contributed by atoms with Crippen LogP contribution < -0.4 is 10.4 Å². The highest BCUT2D eigenvalue weighted by Crippen LogP contribution is 2.23. The number of hydrogen-bond donors (Lipinski definition) is 1. The molecule has 2 aromatic rings. The van der Waals surface area contributed by atoms with E-state index >= 15 is 0 Å². The highest BCUT2D eigenvalue weighted by Gasteiger charge is 2.34. The monoisotopic (exact) mass is 327 g/mol. The number of amides is 3. The Morgan fingerprint density at radius 2 is 1.92 bits per heavy atom. The number of nitrogens with zero attached hydrogens (tertiary/aromatic N) is 5. The summed E-state index contributed by atoms with van der Waals surface area (Å²) in [7, 11) is 0. The molecule has 0 saturated carbocycles. The first-order valence-corrected chi connectivity index (χ1v) is 7.49. The Morgan fingerprint density at radius 3 is 2.46 bits per heavy atom. The third-order valence-corrected chi connectivity index (χ3v) is 3.78. The summed E-state index contributed by atoms with van der Waals surface area (Å²) in [4.78, 5) is 37.1. The Bertz CT molecular complexity index is 738. The Kier molecular flexibility index (Phi) is 4.32. The summed E-state index contributed by atoms with van der Waals surface area (Å²) in [5, 5.41) is 17.0. The Labute approximate surface area is 137 Å². The van der Waals surface area contributed by atoms with Crippen LogP contribution >= 0.6 is 0 Å². The first-order valence-electron chi connectivity index (χ1n) is 7.49. The SMILES string of the molecule is CC(=O)N[C@H](CCCN1C(=O)c2ccccc2C1=O)c1nnn[n-]1. The van der Waals surface area contributed by atoms with Crippen LogP contribution in [-0.4, -0.2) is 44.7 Å². The maximum absolute atomic E-state index is 12.3. The van der Waals surface area contributed by atoms with E-state index in [1.807, 2.05) is 0 Å². The van der Waals surface area contributed by atoms with Gasteiger partial charge in [-0.25, -0.2) is 0 Å². The van der Waals surface area contributed by atoms with E-state index in [1.54, 1.807) is 24.3 Å². The molecule has 1 atom stereocenters. The average Bonchev–Trinajstić information content (AvgIpc) is 3.17. The second kappa shape index (κ2) is 6.57. The van der Waals surface area contributed by atoms with Gasteiger partial charge in [0.1, 0.15) is 0 Å².